The molecule has 0 radical (unpaired) electrons. The van der Waals surface area contributed by atoms with Gasteiger partial charge in [-0.25, -0.2) is 9.59 Å². The van der Waals surface area contributed by atoms with Crippen molar-refractivity contribution in [3.63, 3.8) is 0 Å². The summed E-state index contributed by atoms with van der Waals surface area (Å²) in [5, 5.41) is 18.6. The molecule has 0 saturated heterocycles. The van der Waals surface area contributed by atoms with Crippen LogP contribution in [0.25, 0.3) is 11.1 Å². The van der Waals surface area contributed by atoms with E-state index in [2.05, 4.69) is 28.1 Å². The molecule has 10 nitrogen and oxygen atoms in total. The Hall–Kier alpha value is -5.74. The number of rotatable bonds is 11. The highest BCUT2D eigenvalue weighted by Crippen LogP contribution is 2.44. The van der Waals surface area contributed by atoms with E-state index in [4.69, 9.17) is 9.47 Å². The Labute approximate surface area is 316 Å². The lowest BCUT2D eigenvalue weighted by Gasteiger charge is -2.24. The molecular formula is C44H47N3O7. The highest BCUT2D eigenvalue weighted by atomic mass is 16.6. The largest absolute Gasteiger partial charge is 0.462 e. The number of cyclic esters (lactones) is 1. The van der Waals surface area contributed by atoms with E-state index in [-0.39, 0.29) is 56.8 Å². The first-order valence-corrected chi connectivity index (χ1v) is 18.6. The fourth-order valence-electron chi connectivity index (χ4n) is 7.18. The summed E-state index contributed by atoms with van der Waals surface area (Å²) in [5.74, 6) is -2.16. The molecule has 0 bridgehead atoms. The topological polar surface area (TPSA) is 143 Å². The molecular weight excluding hydrogens is 682 g/mol. The second-order valence-electron chi connectivity index (χ2n) is 13.9. The van der Waals surface area contributed by atoms with Crippen molar-refractivity contribution in [3.05, 3.63) is 144 Å². The Bertz CT molecular complexity index is 1870. The summed E-state index contributed by atoms with van der Waals surface area (Å²) in [6, 6.07) is 33.1. The van der Waals surface area contributed by atoms with E-state index in [0.717, 1.165) is 33.4 Å². The Morgan fingerprint density at radius 1 is 0.833 bits per heavy atom. The minimum absolute atomic E-state index is 0.0920. The summed E-state index contributed by atoms with van der Waals surface area (Å²) in [4.78, 5) is 53.6. The lowest BCUT2D eigenvalue weighted by molar-refractivity contribution is -0.147. The Morgan fingerprint density at radius 2 is 1.46 bits per heavy atom. The maximum Gasteiger partial charge on any atom is 0.407 e. The summed E-state index contributed by atoms with van der Waals surface area (Å²) in [6.07, 6.45) is 4.60. The van der Waals surface area contributed by atoms with Crippen molar-refractivity contribution in [2.24, 2.45) is 5.92 Å². The van der Waals surface area contributed by atoms with Crippen molar-refractivity contribution in [2.45, 2.75) is 62.6 Å². The van der Waals surface area contributed by atoms with Crippen molar-refractivity contribution >= 4 is 23.9 Å². The van der Waals surface area contributed by atoms with Crippen LogP contribution in [0.15, 0.2) is 121 Å². The first-order valence-electron chi connectivity index (χ1n) is 18.6. The molecule has 0 aromatic heterocycles. The minimum atomic E-state index is -0.985. The first kappa shape index (κ1) is 38.0. The molecule has 4 aromatic rings. The first-order chi connectivity index (χ1) is 26.4. The van der Waals surface area contributed by atoms with Gasteiger partial charge in [-0.05, 0) is 65.5 Å². The highest BCUT2D eigenvalue weighted by molar-refractivity contribution is 5.86. The quantitative estimate of drug-likeness (QED) is 0.116. The molecule has 54 heavy (non-hydrogen) atoms. The Balaban J connectivity index is 1.11. The van der Waals surface area contributed by atoms with Crippen LogP contribution in [0.1, 0.15) is 53.9 Å². The number of esters is 1. The summed E-state index contributed by atoms with van der Waals surface area (Å²) in [6.45, 7) is -0.279. The second-order valence-corrected chi connectivity index (χ2v) is 13.9. The molecule has 1 aliphatic heterocycles. The van der Waals surface area contributed by atoms with E-state index in [1.165, 1.54) is 0 Å². The SMILES string of the molecule is O=C(C[C@H]1CC=CCC[C@H](NC(=O)OCC2c3ccccc3-c3ccccc32)C(=O)OC[C@@H](Cc2ccccc2)NC1=O)N[C@@H](CO)Cc1ccccc1. The molecule has 10 heteroatoms. The average Bonchev–Trinajstić information content (AvgIpc) is 3.51. The molecule has 0 fully saturated rings. The summed E-state index contributed by atoms with van der Waals surface area (Å²) in [7, 11) is 0. The summed E-state index contributed by atoms with van der Waals surface area (Å²) >= 11 is 0. The van der Waals surface area contributed by atoms with Crippen LogP contribution in [-0.2, 0) is 36.7 Å². The molecule has 4 aromatic carbocycles. The smallest absolute Gasteiger partial charge is 0.407 e. The number of alkyl carbamates (subject to hydrolysis) is 1. The maximum atomic E-state index is 13.7. The number of fused-ring (bicyclic) bond motifs is 3. The van der Waals surface area contributed by atoms with Crippen LogP contribution in [0.3, 0.4) is 0 Å². The number of amides is 3. The molecule has 6 rings (SSSR count). The third kappa shape index (κ3) is 10.2. The number of aliphatic hydroxyl groups excluding tert-OH is 1. The summed E-state index contributed by atoms with van der Waals surface area (Å²) in [5.41, 5.74) is 6.30. The zero-order valence-electron chi connectivity index (χ0n) is 30.2. The van der Waals surface area contributed by atoms with Crippen LogP contribution < -0.4 is 16.0 Å². The van der Waals surface area contributed by atoms with Crippen molar-refractivity contribution in [3.8, 4) is 11.1 Å². The van der Waals surface area contributed by atoms with Crippen LogP contribution in [0, 0.1) is 5.92 Å². The van der Waals surface area contributed by atoms with Gasteiger partial charge in [0.2, 0.25) is 11.8 Å². The molecule has 2 aliphatic rings. The molecule has 0 unspecified atom stereocenters. The average molecular weight is 730 g/mol. The van der Waals surface area contributed by atoms with Crippen LogP contribution in [-0.4, -0.2) is 66.9 Å². The lowest BCUT2D eigenvalue weighted by Crippen LogP contribution is -2.47. The Morgan fingerprint density at radius 3 is 2.13 bits per heavy atom. The van der Waals surface area contributed by atoms with E-state index < -0.39 is 36.1 Å². The molecule has 0 spiro atoms. The predicted octanol–water partition coefficient (Wildman–Crippen LogP) is 5.63. The zero-order chi connectivity index (χ0) is 37.7. The number of aliphatic hydroxyl groups is 1. The van der Waals surface area contributed by atoms with Crippen molar-refractivity contribution < 1.29 is 33.8 Å². The van der Waals surface area contributed by atoms with E-state index in [9.17, 15) is 24.3 Å². The number of carbonyl (C=O) groups is 4. The van der Waals surface area contributed by atoms with Gasteiger partial charge < -0.3 is 30.5 Å². The van der Waals surface area contributed by atoms with Crippen LogP contribution in [0.4, 0.5) is 4.79 Å². The molecule has 1 aliphatic carbocycles. The molecule has 4 N–H and O–H groups in total. The highest BCUT2D eigenvalue weighted by Gasteiger charge is 2.31. The third-order valence-corrected chi connectivity index (χ3v) is 9.94. The molecule has 3 amide bonds. The van der Waals surface area contributed by atoms with E-state index in [1.807, 2.05) is 109 Å². The van der Waals surface area contributed by atoms with E-state index >= 15 is 0 Å². The number of hydrogen-bond donors (Lipinski definition) is 4. The second kappa shape index (κ2) is 18.8. The standard InChI is InChI=1S/C44H47N3O7/c48-27-33(24-30-14-4-1-5-15-30)45-41(49)26-32-18-8-3-9-23-40(43(51)53-28-34(46-42(32)50)25-31-16-6-2-7-17-31)47-44(52)54-29-39-37-21-12-10-19-35(37)36-20-11-13-22-38(36)39/h1-8,10-17,19-22,32-34,39-40,48H,9,18,23-29H2,(H,45,49)(H,46,50)(H,47,52)/t32-,33-,34-,40+/m1/s1. The van der Waals surface area contributed by atoms with Gasteiger partial charge >= 0.3 is 12.1 Å². The molecule has 1 heterocycles. The maximum absolute atomic E-state index is 13.7. The predicted molar refractivity (Wildman–Crippen MR) is 205 cm³/mol. The van der Waals surface area contributed by atoms with Gasteiger partial charge in [0.05, 0.1) is 24.6 Å². The number of carbonyl (C=O) groups excluding carboxylic acids is 4. The molecule has 0 saturated carbocycles. The van der Waals surface area contributed by atoms with Gasteiger partial charge in [0.15, 0.2) is 0 Å². The van der Waals surface area contributed by atoms with Gasteiger partial charge in [-0.15, -0.1) is 0 Å². The zero-order valence-corrected chi connectivity index (χ0v) is 30.2. The van der Waals surface area contributed by atoms with Gasteiger partial charge in [0, 0.05) is 12.3 Å². The molecule has 280 valence electrons. The third-order valence-electron chi connectivity index (χ3n) is 9.94. The monoisotopic (exact) mass is 729 g/mol. The number of allylic oxidation sites excluding steroid dienone is 2. The number of hydrogen-bond acceptors (Lipinski definition) is 7. The number of ether oxygens (including phenoxy) is 2. The van der Waals surface area contributed by atoms with Gasteiger partial charge in [-0.2, -0.15) is 0 Å². The van der Waals surface area contributed by atoms with Crippen molar-refractivity contribution in [2.75, 3.05) is 19.8 Å². The number of nitrogens with one attached hydrogen (secondary N) is 3. The Kier molecular flexibility index (Phi) is 13.3. The van der Waals surface area contributed by atoms with Gasteiger partial charge in [-0.3, -0.25) is 9.59 Å². The fourth-order valence-corrected chi connectivity index (χ4v) is 7.18. The number of benzene rings is 4. The fraction of sp³-hybridized carbons (Fsp3) is 0.318. The van der Waals surface area contributed by atoms with Crippen LogP contribution in [0.5, 0.6) is 0 Å². The van der Waals surface area contributed by atoms with E-state index in [1.54, 1.807) is 0 Å². The van der Waals surface area contributed by atoms with Crippen LogP contribution in [0.2, 0.25) is 0 Å². The van der Waals surface area contributed by atoms with Crippen LogP contribution >= 0.6 is 0 Å². The van der Waals surface area contributed by atoms with Gasteiger partial charge in [0.1, 0.15) is 19.3 Å². The van der Waals surface area contributed by atoms with Gasteiger partial charge in [-0.1, -0.05) is 121 Å². The van der Waals surface area contributed by atoms with Crippen molar-refractivity contribution in [1.82, 2.24) is 16.0 Å². The lowest BCUT2D eigenvalue weighted by atomic mass is 9.97. The summed E-state index contributed by atoms with van der Waals surface area (Å²) < 4.78 is 11.5. The minimum Gasteiger partial charge on any atom is -0.462 e. The normalized spacial score (nSPS) is 19.4. The van der Waals surface area contributed by atoms with Gasteiger partial charge in [0.25, 0.3) is 0 Å². The molecule has 4 atom stereocenters. The van der Waals surface area contributed by atoms with Crippen molar-refractivity contribution in [1.29, 1.82) is 0 Å². The van der Waals surface area contributed by atoms with E-state index in [0.29, 0.717) is 19.3 Å².